The van der Waals surface area contributed by atoms with Crippen molar-refractivity contribution in [1.29, 1.82) is 0 Å². The number of hydrogen-bond donors (Lipinski definition) is 1. The fourth-order valence-corrected chi connectivity index (χ4v) is 1.10. The van der Waals surface area contributed by atoms with E-state index in [1.165, 1.54) is 0 Å². The molecular formula is C9H7N3O. The summed E-state index contributed by atoms with van der Waals surface area (Å²) in [6.07, 6.45) is 4.72. The lowest BCUT2D eigenvalue weighted by Gasteiger charge is -1.96. The molecule has 1 N–H and O–H groups in total. The first-order valence-corrected chi connectivity index (χ1v) is 3.83. The Kier molecular flexibility index (Phi) is 1.88. The van der Waals surface area contributed by atoms with E-state index in [0.29, 0.717) is 5.56 Å². The molecule has 0 saturated heterocycles. The van der Waals surface area contributed by atoms with Gasteiger partial charge in [0.2, 0.25) is 0 Å². The molecule has 4 nitrogen and oxygen atoms in total. The molecule has 0 radical (unpaired) electrons. The van der Waals surface area contributed by atoms with Gasteiger partial charge in [-0.15, -0.1) is 0 Å². The van der Waals surface area contributed by atoms with Crippen LogP contribution in [0.4, 0.5) is 0 Å². The van der Waals surface area contributed by atoms with Gasteiger partial charge in [0.15, 0.2) is 0 Å². The first-order valence-electron chi connectivity index (χ1n) is 3.83. The summed E-state index contributed by atoms with van der Waals surface area (Å²) in [4.78, 5) is 13.9. The number of H-pyrrole nitrogens is 1. The van der Waals surface area contributed by atoms with E-state index in [0.717, 1.165) is 5.56 Å². The molecular weight excluding hydrogens is 166 g/mol. The van der Waals surface area contributed by atoms with Crippen molar-refractivity contribution >= 4 is 0 Å². The van der Waals surface area contributed by atoms with Gasteiger partial charge in [-0.25, -0.2) is 0 Å². The van der Waals surface area contributed by atoms with Crippen LogP contribution in [0.2, 0.25) is 0 Å². The minimum atomic E-state index is -0.115. The standard InChI is InChI=1S/C9H7N3O/c13-9-8(2-1-4-10-9)7-3-5-11-12-6-7/h1-6H,(H,10,13). The van der Waals surface area contributed by atoms with Crippen LogP contribution in [0.3, 0.4) is 0 Å². The number of pyridine rings is 1. The fraction of sp³-hybridized carbons (Fsp3) is 0. The van der Waals surface area contributed by atoms with Gasteiger partial charge < -0.3 is 4.98 Å². The van der Waals surface area contributed by atoms with Gasteiger partial charge in [-0.1, -0.05) is 0 Å². The molecule has 0 aliphatic carbocycles. The lowest BCUT2D eigenvalue weighted by molar-refractivity contribution is 1.03. The zero-order valence-corrected chi connectivity index (χ0v) is 6.77. The maximum Gasteiger partial charge on any atom is 0.255 e. The second kappa shape index (κ2) is 3.18. The summed E-state index contributed by atoms with van der Waals surface area (Å²) in [6.45, 7) is 0. The van der Waals surface area contributed by atoms with E-state index in [2.05, 4.69) is 15.2 Å². The van der Waals surface area contributed by atoms with Crippen molar-refractivity contribution in [1.82, 2.24) is 15.2 Å². The Labute approximate surface area is 74.3 Å². The van der Waals surface area contributed by atoms with Gasteiger partial charge >= 0.3 is 0 Å². The van der Waals surface area contributed by atoms with Crippen LogP contribution in [-0.4, -0.2) is 15.2 Å². The number of hydrogen-bond acceptors (Lipinski definition) is 3. The van der Waals surface area contributed by atoms with E-state index in [1.807, 2.05) is 0 Å². The average Bonchev–Trinajstić information content (AvgIpc) is 2.20. The van der Waals surface area contributed by atoms with Crippen molar-refractivity contribution in [2.75, 3.05) is 0 Å². The summed E-state index contributed by atoms with van der Waals surface area (Å²) in [6, 6.07) is 5.27. The van der Waals surface area contributed by atoms with Gasteiger partial charge in [-0.3, -0.25) is 4.79 Å². The van der Waals surface area contributed by atoms with E-state index in [1.54, 1.807) is 36.8 Å². The zero-order chi connectivity index (χ0) is 9.10. The van der Waals surface area contributed by atoms with Crippen molar-refractivity contribution in [2.45, 2.75) is 0 Å². The van der Waals surface area contributed by atoms with Crippen LogP contribution in [0.25, 0.3) is 11.1 Å². The normalized spacial score (nSPS) is 9.85. The Morgan fingerprint density at radius 3 is 2.85 bits per heavy atom. The van der Waals surface area contributed by atoms with E-state index in [9.17, 15) is 4.79 Å². The molecule has 2 aromatic rings. The van der Waals surface area contributed by atoms with Crippen LogP contribution >= 0.6 is 0 Å². The maximum atomic E-state index is 11.3. The SMILES string of the molecule is O=c1[nH]cccc1-c1ccnnc1. The van der Waals surface area contributed by atoms with Gasteiger partial charge in [-0.05, 0) is 18.2 Å². The highest BCUT2D eigenvalue weighted by molar-refractivity contribution is 5.60. The highest BCUT2D eigenvalue weighted by atomic mass is 16.1. The number of nitrogens with one attached hydrogen (secondary N) is 1. The molecule has 0 saturated carbocycles. The molecule has 4 heteroatoms. The highest BCUT2D eigenvalue weighted by Gasteiger charge is 2.00. The molecule has 0 unspecified atom stereocenters. The minimum absolute atomic E-state index is 0.115. The zero-order valence-electron chi connectivity index (χ0n) is 6.77. The van der Waals surface area contributed by atoms with Crippen LogP contribution in [-0.2, 0) is 0 Å². The molecule has 2 rings (SSSR count). The lowest BCUT2D eigenvalue weighted by Crippen LogP contribution is -2.06. The van der Waals surface area contributed by atoms with Gasteiger partial charge in [0.05, 0.1) is 12.4 Å². The average molecular weight is 173 g/mol. The van der Waals surface area contributed by atoms with Crippen LogP contribution in [0, 0.1) is 0 Å². The summed E-state index contributed by atoms with van der Waals surface area (Å²) in [5, 5.41) is 7.34. The molecule has 2 heterocycles. The van der Waals surface area contributed by atoms with Gasteiger partial charge in [-0.2, -0.15) is 10.2 Å². The van der Waals surface area contributed by atoms with Crippen LogP contribution in [0.1, 0.15) is 0 Å². The molecule has 0 bridgehead atoms. The van der Waals surface area contributed by atoms with Crippen molar-refractivity contribution in [3.05, 3.63) is 47.1 Å². The molecule has 64 valence electrons. The van der Waals surface area contributed by atoms with Crippen LogP contribution < -0.4 is 5.56 Å². The third kappa shape index (κ3) is 1.46. The smallest absolute Gasteiger partial charge is 0.255 e. The summed E-state index contributed by atoms with van der Waals surface area (Å²) >= 11 is 0. The second-order valence-corrected chi connectivity index (χ2v) is 2.54. The van der Waals surface area contributed by atoms with E-state index in [-0.39, 0.29) is 5.56 Å². The quantitative estimate of drug-likeness (QED) is 0.694. The fourth-order valence-electron chi connectivity index (χ4n) is 1.10. The third-order valence-electron chi connectivity index (χ3n) is 1.71. The Hall–Kier alpha value is -1.97. The predicted octanol–water partition coefficient (Wildman–Crippen LogP) is 0.832. The molecule has 0 aromatic carbocycles. The molecule has 0 aliphatic heterocycles. The van der Waals surface area contributed by atoms with Crippen molar-refractivity contribution in [3.63, 3.8) is 0 Å². The number of aromatic nitrogens is 3. The predicted molar refractivity (Wildman–Crippen MR) is 48.1 cm³/mol. The molecule has 0 aliphatic rings. The topological polar surface area (TPSA) is 58.6 Å². The van der Waals surface area contributed by atoms with Gasteiger partial charge in [0.25, 0.3) is 5.56 Å². The van der Waals surface area contributed by atoms with Crippen molar-refractivity contribution in [3.8, 4) is 11.1 Å². The largest absolute Gasteiger partial charge is 0.329 e. The minimum Gasteiger partial charge on any atom is -0.329 e. The van der Waals surface area contributed by atoms with Gasteiger partial charge in [0.1, 0.15) is 0 Å². The van der Waals surface area contributed by atoms with E-state index in [4.69, 9.17) is 0 Å². The Bertz CT molecular complexity index is 450. The Morgan fingerprint density at radius 1 is 1.23 bits per heavy atom. The summed E-state index contributed by atoms with van der Waals surface area (Å²) in [7, 11) is 0. The maximum absolute atomic E-state index is 11.3. The van der Waals surface area contributed by atoms with Crippen molar-refractivity contribution < 1.29 is 0 Å². The number of nitrogens with zero attached hydrogens (tertiary/aromatic N) is 2. The highest BCUT2D eigenvalue weighted by Crippen LogP contribution is 2.10. The lowest BCUT2D eigenvalue weighted by atomic mass is 10.1. The first kappa shape index (κ1) is 7.67. The summed E-state index contributed by atoms with van der Waals surface area (Å²) in [5.74, 6) is 0. The van der Waals surface area contributed by atoms with Crippen molar-refractivity contribution in [2.24, 2.45) is 0 Å². The summed E-state index contributed by atoms with van der Waals surface area (Å²) < 4.78 is 0. The molecule has 0 atom stereocenters. The van der Waals surface area contributed by atoms with E-state index >= 15 is 0 Å². The molecule has 0 amide bonds. The number of aromatic amines is 1. The third-order valence-corrected chi connectivity index (χ3v) is 1.71. The molecule has 13 heavy (non-hydrogen) atoms. The monoisotopic (exact) mass is 173 g/mol. The van der Waals surface area contributed by atoms with E-state index < -0.39 is 0 Å². The molecule has 2 aromatic heterocycles. The number of rotatable bonds is 1. The first-order chi connectivity index (χ1) is 6.38. The Morgan fingerprint density at radius 2 is 2.15 bits per heavy atom. The molecule has 0 fully saturated rings. The van der Waals surface area contributed by atoms with Crippen LogP contribution in [0.5, 0.6) is 0 Å². The Balaban J connectivity index is 2.60. The van der Waals surface area contributed by atoms with Crippen LogP contribution in [0.15, 0.2) is 41.6 Å². The summed E-state index contributed by atoms with van der Waals surface area (Å²) in [5.41, 5.74) is 1.27. The van der Waals surface area contributed by atoms with Gasteiger partial charge in [0, 0.05) is 17.3 Å². The second-order valence-electron chi connectivity index (χ2n) is 2.54. The molecule has 0 spiro atoms.